The van der Waals surface area contributed by atoms with Crippen molar-refractivity contribution in [2.24, 2.45) is 0 Å². The summed E-state index contributed by atoms with van der Waals surface area (Å²) in [6.07, 6.45) is 2.19. The molecule has 2 aromatic rings. The highest BCUT2D eigenvalue weighted by Crippen LogP contribution is 2.30. The van der Waals surface area contributed by atoms with Crippen molar-refractivity contribution in [2.45, 2.75) is 19.4 Å². The molecule has 8 nitrogen and oxygen atoms in total. The zero-order valence-corrected chi connectivity index (χ0v) is 17.5. The van der Waals surface area contributed by atoms with Gasteiger partial charge in [-0.15, -0.1) is 0 Å². The molecule has 10 heteroatoms. The van der Waals surface area contributed by atoms with Gasteiger partial charge in [0.2, 0.25) is 5.91 Å². The third kappa shape index (κ3) is 4.39. The summed E-state index contributed by atoms with van der Waals surface area (Å²) in [5.74, 6) is 0.807. The Morgan fingerprint density at radius 3 is 2.53 bits per heavy atom. The highest BCUT2D eigenvalue weighted by molar-refractivity contribution is 7.39. The second-order valence-corrected chi connectivity index (χ2v) is 8.14. The van der Waals surface area contributed by atoms with Crippen LogP contribution in [0.4, 0.5) is 15.9 Å². The van der Waals surface area contributed by atoms with E-state index in [2.05, 4.69) is 14.8 Å². The molecule has 0 spiro atoms. The van der Waals surface area contributed by atoms with Gasteiger partial charge < -0.3 is 24.1 Å². The lowest BCUT2D eigenvalue weighted by atomic mass is 10.1. The lowest BCUT2D eigenvalue weighted by Gasteiger charge is -2.37. The summed E-state index contributed by atoms with van der Waals surface area (Å²) in [6.45, 7) is 5.20. The van der Waals surface area contributed by atoms with Gasteiger partial charge in [-0.2, -0.15) is 0 Å². The van der Waals surface area contributed by atoms with E-state index < -0.39 is 8.60 Å². The predicted octanol–water partition coefficient (Wildman–Crippen LogP) is 2.05. The SMILES string of the molecule is Cc1ccc(N2CCC(N3CCN(c4ccc(OP(O)O)cn4)CC3)C2=O)cc1F. The molecule has 2 N–H and O–H groups in total. The average molecular weight is 434 g/mol. The van der Waals surface area contributed by atoms with Crippen LogP contribution < -0.4 is 14.3 Å². The van der Waals surface area contributed by atoms with Crippen molar-refractivity contribution in [3.8, 4) is 5.75 Å². The minimum Gasteiger partial charge on any atom is -0.425 e. The summed E-state index contributed by atoms with van der Waals surface area (Å²) < 4.78 is 18.7. The second-order valence-electron chi connectivity index (χ2n) is 7.45. The molecule has 2 aliphatic heterocycles. The molecule has 2 aliphatic rings. The summed E-state index contributed by atoms with van der Waals surface area (Å²) in [6, 6.07) is 8.17. The van der Waals surface area contributed by atoms with Gasteiger partial charge in [0.25, 0.3) is 0 Å². The predicted molar refractivity (Wildman–Crippen MR) is 112 cm³/mol. The van der Waals surface area contributed by atoms with Crippen LogP contribution in [0, 0.1) is 12.7 Å². The van der Waals surface area contributed by atoms with E-state index in [9.17, 15) is 9.18 Å². The minimum absolute atomic E-state index is 0.0239. The van der Waals surface area contributed by atoms with Crippen molar-refractivity contribution in [1.29, 1.82) is 0 Å². The van der Waals surface area contributed by atoms with Crippen LogP contribution in [-0.4, -0.2) is 64.3 Å². The number of aromatic nitrogens is 1. The third-order valence-electron chi connectivity index (χ3n) is 5.63. The summed E-state index contributed by atoms with van der Waals surface area (Å²) in [5, 5.41) is 0. The fourth-order valence-corrected chi connectivity index (χ4v) is 4.28. The van der Waals surface area contributed by atoms with Crippen molar-refractivity contribution in [2.75, 3.05) is 42.5 Å². The molecule has 0 radical (unpaired) electrons. The zero-order chi connectivity index (χ0) is 21.3. The van der Waals surface area contributed by atoms with Gasteiger partial charge in [0.05, 0.1) is 12.2 Å². The number of aryl methyl sites for hydroxylation is 1. The molecule has 160 valence electrons. The van der Waals surface area contributed by atoms with Crippen LogP contribution in [0.15, 0.2) is 36.5 Å². The smallest absolute Gasteiger partial charge is 0.391 e. The van der Waals surface area contributed by atoms with Crippen LogP contribution in [0.3, 0.4) is 0 Å². The molecular formula is C20H24FN4O4P. The van der Waals surface area contributed by atoms with E-state index in [1.807, 2.05) is 0 Å². The third-order valence-corrected chi connectivity index (χ3v) is 6.01. The molecule has 0 aliphatic carbocycles. The van der Waals surface area contributed by atoms with Gasteiger partial charge in [-0.25, -0.2) is 9.37 Å². The van der Waals surface area contributed by atoms with E-state index in [0.717, 1.165) is 38.4 Å². The fourth-order valence-electron chi connectivity index (χ4n) is 3.98. The van der Waals surface area contributed by atoms with Crippen LogP contribution in [0.5, 0.6) is 5.75 Å². The normalized spacial score (nSPS) is 20.3. The molecule has 1 aromatic heterocycles. The van der Waals surface area contributed by atoms with Gasteiger partial charge in [0.1, 0.15) is 17.4 Å². The molecule has 1 amide bonds. The molecule has 30 heavy (non-hydrogen) atoms. The Hall–Kier alpha value is -2.32. The molecule has 2 saturated heterocycles. The first kappa shape index (κ1) is 20.9. The molecule has 3 heterocycles. The number of carbonyl (C=O) groups excluding carboxylic acids is 1. The molecular weight excluding hydrogens is 410 g/mol. The highest BCUT2D eigenvalue weighted by atomic mass is 31.2. The number of halogens is 1. The maximum Gasteiger partial charge on any atom is 0.391 e. The number of anilines is 2. The van der Waals surface area contributed by atoms with E-state index >= 15 is 0 Å². The molecule has 1 aromatic carbocycles. The molecule has 2 fully saturated rings. The number of piperazine rings is 1. The van der Waals surface area contributed by atoms with Crippen LogP contribution in [-0.2, 0) is 4.79 Å². The zero-order valence-electron chi connectivity index (χ0n) is 16.6. The van der Waals surface area contributed by atoms with Crippen LogP contribution in [0.1, 0.15) is 12.0 Å². The van der Waals surface area contributed by atoms with Crippen LogP contribution in [0.25, 0.3) is 0 Å². The van der Waals surface area contributed by atoms with Crippen molar-refractivity contribution in [3.05, 3.63) is 47.9 Å². The number of carbonyl (C=O) groups is 1. The van der Waals surface area contributed by atoms with E-state index in [1.54, 1.807) is 36.1 Å². The first-order chi connectivity index (χ1) is 14.4. The number of pyridine rings is 1. The number of amides is 1. The highest BCUT2D eigenvalue weighted by Gasteiger charge is 2.38. The Morgan fingerprint density at radius 2 is 1.90 bits per heavy atom. The topological polar surface area (TPSA) is 89.4 Å². The summed E-state index contributed by atoms with van der Waals surface area (Å²) in [5.41, 5.74) is 1.19. The van der Waals surface area contributed by atoms with Crippen LogP contribution in [0.2, 0.25) is 0 Å². The van der Waals surface area contributed by atoms with Gasteiger partial charge in [0, 0.05) is 38.4 Å². The van der Waals surface area contributed by atoms with Crippen molar-refractivity contribution >= 4 is 26.0 Å². The van der Waals surface area contributed by atoms with E-state index in [0.29, 0.717) is 23.5 Å². The Labute approximate surface area is 175 Å². The van der Waals surface area contributed by atoms with Gasteiger partial charge in [-0.3, -0.25) is 9.69 Å². The number of nitrogens with zero attached hydrogens (tertiary/aromatic N) is 4. The van der Waals surface area contributed by atoms with Gasteiger partial charge in [-0.05, 0) is 43.2 Å². The maximum atomic E-state index is 13.9. The Morgan fingerprint density at radius 1 is 1.13 bits per heavy atom. The number of hydrogen-bond acceptors (Lipinski definition) is 7. The molecule has 4 rings (SSSR count). The van der Waals surface area contributed by atoms with Gasteiger partial charge in [-0.1, -0.05) is 6.07 Å². The van der Waals surface area contributed by atoms with Crippen LogP contribution >= 0.6 is 8.60 Å². The quantitative estimate of drug-likeness (QED) is 0.697. The van der Waals surface area contributed by atoms with Crippen molar-refractivity contribution in [3.63, 3.8) is 0 Å². The number of hydrogen-bond donors (Lipinski definition) is 2. The fraction of sp³-hybridized carbons (Fsp3) is 0.400. The van der Waals surface area contributed by atoms with Crippen molar-refractivity contribution in [1.82, 2.24) is 9.88 Å². The first-order valence-electron chi connectivity index (χ1n) is 9.81. The monoisotopic (exact) mass is 434 g/mol. The number of rotatable bonds is 5. The Balaban J connectivity index is 1.35. The molecule has 1 unspecified atom stereocenters. The standard InChI is InChI=1S/C20H24FN4O4P/c1-14-2-3-15(12-17(14)21)25-7-6-18(20(25)26)23-8-10-24(11-9-23)19-5-4-16(13-22-19)29-30(27)28/h2-5,12-13,18,27-28H,6-11H2,1H3. The summed E-state index contributed by atoms with van der Waals surface area (Å²) in [4.78, 5) is 41.1. The summed E-state index contributed by atoms with van der Waals surface area (Å²) >= 11 is 0. The first-order valence-corrected chi connectivity index (χ1v) is 11.0. The average Bonchev–Trinajstić information content (AvgIpc) is 3.12. The van der Waals surface area contributed by atoms with E-state index in [4.69, 9.17) is 14.3 Å². The lowest BCUT2D eigenvalue weighted by molar-refractivity contribution is -0.121. The Kier molecular flexibility index (Phi) is 6.15. The van der Waals surface area contributed by atoms with E-state index in [-0.39, 0.29) is 17.8 Å². The van der Waals surface area contributed by atoms with Gasteiger partial charge in [0.15, 0.2) is 0 Å². The lowest BCUT2D eigenvalue weighted by Crippen LogP contribution is -2.52. The molecule has 0 bridgehead atoms. The largest absolute Gasteiger partial charge is 0.425 e. The number of benzene rings is 1. The second kappa shape index (κ2) is 8.81. The van der Waals surface area contributed by atoms with Gasteiger partial charge >= 0.3 is 8.60 Å². The molecule has 1 atom stereocenters. The maximum absolute atomic E-state index is 13.9. The minimum atomic E-state index is -2.46. The molecule has 0 saturated carbocycles. The Bertz CT molecular complexity index is 906. The summed E-state index contributed by atoms with van der Waals surface area (Å²) in [7, 11) is -2.46. The van der Waals surface area contributed by atoms with E-state index in [1.165, 1.54) is 12.3 Å². The van der Waals surface area contributed by atoms with Crippen molar-refractivity contribution < 1.29 is 23.5 Å².